The molecule has 2 nitrogen and oxygen atoms in total. The van der Waals surface area contributed by atoms with Gasteiger partial charge in [-0.25, -0.2) is 0 Å². The van der Waals surface area contributed by atoms with Crippen molar-refractivity contribution in [3.63, 3.8) is 0 Å². The molecule has 0 heterocycles. The maximum atomic E-state index is 12.5. The number of halogens is 3. The zero-order valence-electron chi connectivity index (χ0n) is 12.2. The van der Waals surface area contributed by atoms with Crippen molar-refractivity contribution in [3.8, 4) is 0 Å². The number of carbonyl (C=O) groups excluding carboxylic acids is 1. The highest BCUT2D eigenvalue weighted by molar-refractivity contribution is 5.98. The lowest BCUT2D eigenvalue weighted by Gasteiger charge is -2.24. The molecule has 2 aromatic carbocycles. The van der Waals surface area contributed by atoms with Gasteiger partial charge in [0.25, 0.3) is 0 Å². The van der Waals surface area contributed by atoms with Crippen molar-refractivity contribution in [2.75, 3.05) is 5.32 Å². The molecule has 0 aromatic heterocycles. The van der Waals surface area contributed by atoms with Crippen molar-refractivity contribution in [1.29, 1.82) is 0 Å². The lowest BCUT2D eigenvalue weighted by molar-refractivity contribution is -0.137. The second-order valence-corrected chi connectivity index (χ2v) is 5.52. The van der Waals surface area contributed by atoms with E-state index in [2.05, 4.69) is 5.32 Å². The number of alkyl halides is 3. The SMILES string of the molecule is CC(C)(C(=O)Nc1ccc(C(F)(F)F)cc1)c1ccccc1. The van der Waals surface area contributed by atoms with Crippen molar-refractivity contribution in [1.82, 2.24) is 0 Å². The van der Waals surface area contributed by atoms with Crippen LogP contribution in [0.3, 0.4) is 0 Å². The van der Waals surface area contributed by atoms with E-state index in [1.165, 1.54) is 12.1 Å². The zero-order valence-corrected chi connectivity index (χ0v) is 12.2. The summed E-state index contributed by atoms with van der Waals surface area (Å²) in [4.78, 5) is 12.4. The molecule has 0 saturated heterocycles. The number of hydrogen-bond acceptors (Lipinski definition) is 1. The maximum Gasteiger partial charge on any atom is 0.416 e. The predicted octanol–water partition coefficient (Wildman–Crippen LogP) is 4.62. The molecule has 0 aliphatic rings. The minimum absolute atomic E-state index is 0.279. The Labute approximate surface area is 127 Å². The van der Waals surface area contributed by atoms with Gasteiger partial charge in [-0.05, 0) is 43.7 Å². The van der Waals surface area contributed by atoms with E-state index in [0.717, 1.165) is 17.7 Å². The molecule has 1 N–H and O–H groups in total. The summed E-state index contributed by atoms with van der Waals surface area (Å²) in [5, 5.41) is 2.65. The highest BCUT2D eigenvalue weighted by Crippen LogP contribution is 2.30. The molecule has 0 atom stereocenters. The number of hydrogen-bond donors (Lipinski definition) is 1. The Morgan fingerprint density at radius 1 is 0.864 bits per heavy atom. The fourth-order valence-corrected chi connectivity index (χ4v) is 2.02. The largest absolute Gasteiger partial charge is 0.416 e. The Morgan fingerprint density at radius 3 is 1.91 bits per heavy atom. The first-order valence-electron chi connectivity index (χ1n) is 6.75. The van der Waals surface area contributed by atoms with Crippen molar-refractivity contribution < 1.29 is 18.0 Å². The Morgan fingerprint density at radius 2 is 1.41 bits per heavy atom. The molecule has 2 rings (SSSR count). The summed E-state index contributed by atoms with van der Waals surface area (Å²) < 4.78 is 37.5. The van der Waals surface area contributed by atoms with E-state index in [4.69, 9.17) is 0 Å². The summed E-state index contributed by atoms with van der Waals surface area (Å²) in [7, 11) is 0. The summed E-state index contributed by atoms with van der Waals surface area (Å²) in [5.41, 5.74) is -0.363. The van der Waals surface area contributed by atoms with Gasteiger partial charge < -0.3 is 5.32 Å². The fraction of sp³-hybridized carbons (Fsp3) is 0.235. The smallest absolute Gasteiger partial charge is 0.325 e. The van der Waals surface area contributed by atoms with Gasteiger partial charge in [0.05, 0.1) is 11.0 Å². The quantitative estimate of drug-likeness (QED) is 0.880. The Kier molecular flexibility index (Phi) is 4.26. The van der Waals surface area contributed by atoms with Crippen LogP contribution in [0.1, 0.15) is 25.0 Å². The Hall–Kier alpha value is -2.30. The first-order valence-corrected chi connectivity index (χ1v) is 6.75. The van der Waals surface area contributed by atoms with Crippen LogP contribution in [0, 0.1) is 0 Å². The van der Waals surface area contributed by atoms with Gasteiger partial charge in [-0.3, -0.25) is 4.79 Å². The van der Waals surface area contributed by atoms with E-state index < -0.39 is 17.2 Å². The predicted molar refractivity (Wildman–Crippen MR) is 79.5 cm³/mol. The number of nitrogens with one attached hydrogen (secondary N) is 1. The van der Waals surface area contributed by atoms with Crippen LogP contribution >= 0.6 is 0 Å². The summed E-state index contributed by atoms with van der Waals surface area (Å²) in [6.07, 6.45) is -4.38. The van der Waals surface area contributed by atoms with Gasteiger partial charge in [-0.1, -0.05) is 30.3 Å². The second-order valence-electron chi connectivity index (χ2n) is 5.52. The van der Waals surface area contributed by atoms with Gasteiger partial charge in [0, 0.05) is 5.69 Å². The normalized spacial score (nSPS) is 12.0. The molecule has 0 spiro atoms. The van der Waals surface area contributed by atoms with Gasteiger partial charge >= 0.3 is 6.18 Å². The molecule has 116 valence electrons. The number of rotatable bonds is 3. The van der Waals surface area contributed by atoms with Crippen molar-refractivity contribution >= 4 is 11.6 Å². The average Bonchev–Trinajstić information content (AvgIpc) is 2.47. The van der Waals surface area contributed by atoms with Gasteiger partial charge in [-0.2, -0.15) is 13.2 Å². The molecule has 0 aliphatic carbocycles. The standard InChI is InChI=1S/C17H16F3NO/c1-16(2,12-6-4-3-5-7-12)15(22)21-14-10-8-13(9-11-14)17(18,19)20/h3-11H,1-2H3,(H,21,22). The van der Waals surface area contributed by atoms with E-state index in [1.54, 1.807) is 13.8 Å². The molecule has 1 amide bonds. The van der Waals surface area contributed by atoms with E-state index in [0.29, 0.717) is 5.69 Å². The third-order valence-corrected chi connectivity index (χ3v) is 3.53. The molecule has 2 aromatic rings. The minimum atomic E-state index is -4.38. The number of benzene rings is 2. The molecular formula is C17H16F3NO. The van der Waals surface area contributed by atoms with Gasteiger partial charge in [0.15, 0.2) is 0 Å². The molecule has 22 heavy (non-hydrogen) atoms. The molecule has 0 saturated carbocycles. The Bertz CT molecular complexity index is 646. The summed E-state index contributed by atoms with van der Waals surface area (Å²) in [6.45, 7) is 3.53. The molecular weight excluding hydrogens is 291 g/mol. The Balaban J connectivity index is 2.15. The zero-order chi connectivity index (χ0) is 16.4. The lowest BCUT2D eigenvalue weighted by Crippen LogP contribution is -2.34. The third-order valence-electron chi connectivity index (χ3n) is 3.53. The van der Waals surface area contributed by atoms with Crippen LogP contribution in [0.5, 0.6) is 0 Å². The van der Waals surface area contributed by atoms with E-state index >= 15 is 0 Å². The second kappa shape index (κ2) is 5.83. The highest BCUT2D eigenvalue weighted by atomic mass is 19.4. The van der Waals surface area contributed by atoms with Gasteiger partial charge in [0.2, 0.25) is 5.91 Å². The topological polar surface area (TPSA) is 29.1 Å². The van der Waals surface area contributed by atoms with Crippen LogP contribution in [0.25, 0.3) is 0 Å². The van der Waals surface area contributed by atoms with E-state index in [1.807, 2.05) is 30.3 Å². The van der Waals surface area contributed by atoms with Crippen LogP contribution in [-0.2, 0) is 16.4 Å². The summed E-state index contributed by atoms with van der Waals surface area (Å²) >= 11 is 0. The number of carbonyl (C=O) groups is 1. The highest BCUT2D eigenvalue weighted by Gasteiger charge is 2.31. The van der Waals surface area contributed by atoms with E-state index in [9.17, 15) is 18.0 Å². The molecule has 5 heteroatoms. The molecule has 0 aliphatic heterocycles. The third kappa shape index (κ3) is 3.47. The van der Waals surface area contributed by atoms with E-state index in [-0.39, 0.29) is 5.91 Å². The van der Waals surface area contributed by atoms with Crippen LogP contribution < -0.4 is 5.32 Å². The molecule has 0 fully saturated rings. The molecule has 0 radical (unpaired) electrons. The molecule has 0 bridgehead atoms. The minimum Gasteiger partial charge on any atom is -0.325 e. The lowest BCUT2D eigenvalue weighted by atomic mass is 9.83. The van der Waals surface area contributed by atoms with Crippen LogP contribution in [0.15, 0.2) is 54.6 Å². The monoisotopic (exact) mass is 307 g/mol. The van der Waals surface area contributed by atoms with Gasteiger partial charge in [-0.15, -0.1) is 0 Å². The van der Waals surface area contributed by atoms with Crippen molar-refractivity contribution in [2.45, 2.75) is 25.4 Å². The van der Waals surface area contributed by atoms with Crippen molar-refractivity contribution in [3.05, 3.63) is 65.7 Å². The first-order chi connectivity index (χ1) is 10.2. The van der Waals surface area contributed by atoms with Gasteiger partial charge in [0.1, 0.15) is 0 Å². The average molecular weight is 307 g/mol. The van der Waals surface area contributed by atoms with Crippen LogP contribution in [0.2, 0.25) is 0 Å². The van der Waals surface area contributed by atoms with Crippen molar-refractivity contribution in [2.24, 2.45) is 0 Å². The summed E-state index contributed by atoms with van der Waals surface area (Å²) in [5.74, 6) is -0.279. The molecule has 0 unspecified atom stereocenters. The maximum absolute atomic E-state index is 12.5. The van der Waals surface area contributed by atoms with Crippen LogP contribution in [0.4, 0.5) is 18.9 Å². The van der Waals surface area contributed by atoms with Crippen LogP contribution in [-0.4, -0.2) is 5.91 Å². The number of anilines is 1. The number of amides is 1. The fourth-order valence-electron chi connectivity index (χ4n) is 2.02. The summed E-state index contributed by atoms with van der Waals surface area (Å²) in [6, 6.07) is 13.6. The first kappa shape index (κ1) is 16.1.